The number of hydrogen-bond donors (Lipinski definition) is 12. The maximum absolute atomic E-state index is 13.5. The molecular formula is C49H83N13O22. The molecule has 2 aliphatic heterocycles. The van der Waals surface area contributed by atoms with E-state index in [-0.39, 0.29) is 79.2 Å². The van der Waals surface area contributed by atoms with Crippen LogP contribution in [-0.4, -0.2) is 312 Å². The zero-order valence-electron chi connectivity index (χ0n) is 47.9. The number of amides is 4. The number of rotatable bonds is 38. The molecule has 10 atom stereocenters. The van der Waals surface area contributed by atoms with Gasteiger partial charge in [-0.3, -0.25) is 14.6 Å². The summed E-state index contributed by atoms with van der Waals surface area (Å²) >= 11 is 0. The smallest absolute Gasteiger partial charge is 0.410 e. The predicted octanol–water partition coefficient (Wildman–Crippen LogP) is -6.50. The molecule has 2 rings (SSSR count). The van der Waals surface area contributed by atoms with Crippen LogP contribution < -0.4 is 33.6 Å². The summed E-state index contributed by atoms with van der Waals surface area (Å²) < 4.78 is 56.2. The molecule has 0 unspecified atom stereocenters. The molecule has 0 radical (unpaired) electrons. The fourth-order valence-corrected chi connectivity index (χ4v) is 7.90. The highest BCUT2D eigenvalue weighted by Crippen LogP contribution is 2.29. The number of aliphatic hydroxyl groups excluding tert-OH is 4. The number of aliphatic imine (C=N–C) groups is 3. The summed E-state index contributed by atoms with van der Waals surface area (Å²) in [5, 5.41) is 66.2. The lowest BCUT2D eigenvalue weighted by Crippen LogP contribution is -2.61. The number of carboxylic acid groups (broad SMARTS) is 2. The molecule has 0 fully saturated rings. The van der Waals surface area contributed by atoms with Crippen molar-refractivity contribution in [2.24, 2.45) is 37.9 Å². The Hall–Kier alpha value is -7.53. The van der Waals surface area contributed by atoms with Gasteiger partial charge < -0.3 is 131 Å². The van der Waals surface area contributed by atoms with Crippen LogP contribution in [0.2, 0.25) is 0 Å². The summed E-state index contributed by atoms with van der Waals surface area (Å²) in [6.07, 6.45) is -5.46. The zero-order chi connectivity index (χ0) is 62.9. The number of carbonyl (C=O) groups excluding carboxylic acids is 4. The monoisotopic (exact) mass is 1210 g/mol. The topological polar surface area (TPSA) is 494 Å². The maximum Gasteiger partial charge on any atom is 0.410 e. The van der Waals surface area contributed by atoms with Crippen LogP contribution in [0, 0.1) is 12.3 Å². The van der Waals surface area contributed by atoms with Crippen molar-refractivity contribution in [3.05, 3.63) is 23.7 Å². The number of carboxylic acids is 2. The Morgan fingerprint density at radius 2 is 0.988 bits per heavy atom. The Morgan fingerprint density at radius 3 is 1.33 bits per heavy atom. The van der Waals surface area contributed by atoms with Gasteiger partial charge in [0.1, 0.15) is 25.5 Å². The first-order chi connectivity index (χ1) is 39.9. The van der Waals surface area contributed by atoms with Crippen LogP contribution in [0.1, 0.15) is 13.8 Å². The molecule has 0 aromatic carbocycles. The van der Waals surface area contributed by atoms with Crippen LogP contribution >= 0.6 is 0 Å². The molecule has 0 saturated heterocycles. The van der Waals surface area contributed by atoms with E-state index in [0.717, 1.165) is 35.8 Å². The van der Waals surface area contributed by atoms with Gasteiger partial charge >= 0.3 is 24.1 Å². The van der Waals surface area contributed by atoms with E-state index < -0.39 is 133 Å². The van der Waals surface area contributed by atoms with Gasteiger partial charge in [0.15, 0.2) is 42.3 Å². The molecule has 0 aromatic rings. The average Bonchev–Trinajstić information content (AvgIpc) is 3.64. The molecule has 16 N–H and O–H groups in total. The number of aliphatic hydroxyl groups is 4. The van der Waals surface area contributed by atoms with E-state index >= 15 is 0 Å². The van der Waals surface area contributed by atoms with Crippen LogP contribution in [0.3, 0.4) is 0 Å². The molecule has 2 heterocycles. The molecule has 0 spiro atoms. The van der Waals surface area contributed by atoms with Crippen LogP contribution in [-0.2, 0) is 66.5 Å². The van der Waals surface area contributed by atoms with Gasteiger partial charge in [0.05, 0.1) is 103 Å². The molecule has 0 aromatic heterocycles. The second-order valence-electron chi connectivity index (χ2n) is 18.4. The predicted molar refractivity (Wildman–Crippen MR) is 294 cm³/mol. The van der Waals surface area contributed by atoms with Crippen molar-refractivity contribution < 1.29 is 107 Å². The molecule has 0 saturated carbocycles. The molecule has 2 aliphatic rings. The number of nitrogens with zero attached hydrogens (tertiary/aromatic N) is 7. The van der Waals surface area contributed by atoms with Crippen molar-refractivity contribution in [2.45, 2.75) is 74.6 Å². The first kappa shape index (κ1) is 72.6. The van der Waals surface area contributed by atoms with Gasteiger partial charge in [-0.2, -0.15) is 0 Å². The lowest BCUT2D eigenvalue weighted by atomic mass is 9.92. The van der Waals surface area contributed by atoms with Gasteiger partial charge in [0, 0.05) is 68.2 Å². The van der Waals surface area contributed by atoms with Crippen molar-refractivity contribution in [2.75, 3.05) is 147 Å². The summed E-state index contributed by atoms with van der Waals surface area (Å²) in [5.74, 6) is -3.95. The highest BCUT2D eigenvalue weighted by molar-refractivity contribution is 5.86. The van der Waals surface area contributed by atoms with Crippen molar-refractivity contribution in [3.63, 3.8) is 0 Å². The van der Waals surface area contributed by atoms with E-state index in [0.29, 0.717) is 32.4 Å². The normalized spacial score (nSPS) is 19.8. The van der Waals surface area contributed by atoms with Gasteiger partial charge in [0.2, 0.25) is 23.3 Å². The van der Waals surface area contributed by atoms with E-state index in [1.165, 1.54) is 14.1 Å². The number of nitrogens with one attached hydrogen (secondary N) is 2. The standard InChI is InChI=1S/C49H83N13O22/c1-8-13-75-18-19-78-20-21-79-22-23-80-28-61(7)47(54-4)62(11-16-76-14-9-59(5)48(73)83-39(33(67)26-63)41-37(55-29(2)65)31(57-45(50)51)24-35(81-41)43(69)70)12-17-77-15-10-60(6)49(74)84-40(34(68)27-64)42-38(56-30(3)66)32(58-46(52)53)25-36(82-42)44(71)72/h1,24-25,31-34,37-42,63-64,67-68H,9-23,26-28H2,2-7H3,(H,55,65)(H,56,66)(H,69,70)(H,71,72)(H4,50,51,57)(H4,52,53,58)/t31-,32-,33+,34+,37+,38+,39+,40+,41+,42+/m0/s1. The Bertz CT molecular complexity index is 2160. The lowest BCUT2D eigenvalue weighted by Gasteiger charge is -2.40. The highest BCUT2D eigenvalue weighted by atomic mass is 16.6. The Kier molecular flexibility index (Phi) is 33.8. The summed E-state index contributed by atoms with van der Waals surface area (Å²) in [6, 6.07) is -5.12. The molecule has 0 bridgehead atoms. The molecule has 35 heteroatoms. The van der Waals surface area contributed by atoms with Crippen LogP contribution in [0.4, 0.5) is 9.59 Å². The number of guanidine groups is 3. The zero-order valence-corrected chi connectivity index (χ0v) is 47.9. The Morgan fingerprint density at radius 1 is 0.619 bits per heavy atom. The van der Waals surface area contributed by atoms with Crippen molar-refractivity contribution in [3.8, 4) is 12.3 Å². The van der Waals surface area contributed by atoms with E-state index in [1.807, 2.05) is 0 Å². The molecule has 35 nitrogen and oxygen atoms in total. The summed E-state index contributed by atoms with van der Waals surface area (Å²) in [4.78, 5) is 93.6. The molecule has 0 aliphatic carbocycles. The molecule has 4 amide bonds. The first-order valence-corrected chi connectivity index (χ1v) is 26.1. The van der Waals surface area contributed by atoms with E-state index in [2.05, 4.69) is 31.5 Å². The largest absolute Gasteiger partial charge is 0.477 e. The highest BCUT2D eigenvalue weighted by Gasteiger charge is 2.48. The number of carbonyl (C=O) groups is 6. The third-order valence-electron chi connectivity index (χ3n) is 11.8. The summed E-state index contributed by atoms with van der Waals surface area (Å²) in [7, 11) is 5.96. The third kappa shape index (κ3) is 25.9. The fraction of sp³-hybridized carbons (Fsp3) is 0.694. The van der Waals surface area contributed by atoms with Crippen LogP contribution in [0.5, 0.6) is 0 Å². The van der Waals surface area contributed by atoms with Crippen molar-refractivity contribution >= 4 is 53.8 Å². The lowest BCUT2D eigenvalue weighted by molar-refractivity contribution is -0.147. The van der Waals surface area contributed by atoms with Crippen molar-refractivity contribution in [1.29, 1.82) is 0 Å². The van der Waals surface area contributed by atoms with Gasteiger partial charge in [-0.25, -0.2) is 29.2 Å². The molecular weight excluding hydrogens is 1120 g/mol. The van der Waals surface area contributed by atoms with Crippen LogP contribution in [0.25, 0.3) is 0 Å². The number of aliphatic carboxylic acids is 2. The number of likely N-dealkylation sites (N-methyl/N-ethyl adjacent to an activating group) is 2. The van der Waals surface area contributed by atoms with E-state index in [9.17, 15) is 59.4 Å². The number of nitrogens with two attached hydrogens (primary N) is 4. The summed E-state index contributed by atoms with van der Waals surface area (Å²) in [5.41, 5.74) is 22.3. The second kappa shape index (κ2) is 39.1. The SMILES string of the molecule is C#CCOCCOCCOCCOCN(C)C(=NC)N(CCOCCN(C)C(=O)O[C@@H]([C@@H]1OC(C(=O)O)=C[C@H](N=C(N)N)[C@H]1NC(C)=O)[C@H](O)CO)CCOCCN(C)C(=O)O[C@@H]([C@@H]1OC(C(=O)O)=C[C@H](N=C(N)N)[C@H]1NC(C)=O)[C@H](O)CO. The number of ether oxygens (including phenoxy) is 10. The second-order valence-corrected chi connectivity index (χ2v) is 18.4. The average molecular weight is 1210 g/mol. The number of terminal acetylenes is 1. The minimum absolute atomic E-state index is 0.0403. The molecule has 476 valence electrons. The van der Waals surface area contributed by atoms with Crippen LogP contribution in [0.15, 0.2) is 38.6 Å². The van der Waals surface area contributed by atoms with Gasteiger partial charge in [-0.05, 0) is 12.2 Å². The Labute approximate surface area is 485 Å². The Balaban J connectivity index is 2.18. The van der Waals surface area contributed by atoms with Gasteiger partial charge in [0.25, 0.3) is 0 Å². The minimum Gasteiger partial charge on any atom is -0.477 e. The first-order valence-electron chi connectivity index (χ1n) is 26.1. The number of hydrogen-bond acceptors (Lipinski definition) is 23. The maximum atomic E-state index is 13.5. The third-order valence-corrected chi connectivity index (χ3v) is 11.8. The molecule has 84 heavy (non-hydrogen) atoms. The quantitative estimate of drug-likeness (QED) is 0.00899. The van der Waals surface area contributed by atoms with E-state index in [1.54, 1.807) is 23.9 Å². The fourth-order valence-electron chi connectivity index (χ4n) is 7.90. The van der Waals surface area contributed by atoms with E-state index in [4.69, 9.17) is 76.7 Å². The van der Waals surface area contributed by atoms with Crippen molar-refractivity contribution in [1.82, 2.24) is 30.2 Å². The van der Waals surface area contributed by atoms with Gasteiger partial charge in [-0.1, -0.05) is 5.92 Å². The van der Waals surface area contributed by atoms with Gasteiger partial charge in [-0.15, -0.1) is 6.42 Å². The minimum atomic E-state index is -1.85. The summed E-state index contributed by atoms with van der Waals surface area (Å²) in [6.45, 7) is 2.51.